The Bertz CT molecular complexity index is 226. The van der Waals surface area contributed by atoms with E-state index in [0.717, 1.165) is 5.92 Å². The summed E-state index contributed by atoms with van der Waals surface area (Å²) >= 11 is 0. The molecule has 0 aliphatic carbocycles. The molecule has 18 heavy (non-hydrogen) atoms. The lowest BCUT2D eigenvalue weighted by Gasteiger charge is -2.34. The fourth-order valence-corrected chi connectivity index (χ4v) is 3.42. The first-order valence-corrected chi connectivity index (χ1v) is 7.90. The predicted octanol–water partition coefficient (Wildman–Crippen LogP) is 1.79. The van der Waals surface area contributed by atoms with Gasteiger partial charge in [-0.2, -0.15) is 0 Å². The van der Waals surface area contributed by atoms with Crippen molar-refractivity contribution in [3.8, 4) is 0 Å². The third-order valence-electron chi connectivity index (χ3n) is 4.68. The third kappa shape index (κ3) is 4.52. The normalized spacial score (nSPS) is 28.7. The van der Waals surface area contributed by atoms with Crippen LogP contribution in [0.5, 0.6) is 0 Å². The molecule has 2 aliphatic rings. The van der Waals surface area contributed by atoms with Gasteiger partial charge in [0.05, 0.1) is 0 Å². The van der Waals surface area contributed by atoms with Crippen molar-refractivity contribution in [3.63, 3.8) is 0 Å². The monoisotopic (exact) mass is 253 g/mol. The lowest BCUT2D eigenvalue weighted by molar-refractivity contribution is 0.178. The first kappa shape index (κ1) is 14.3. The van der Waals surface area contributed by atoms with Gasteiger partial charge in [-0.25, -0.2) is 0 Å². The fourth-order valence-electron chi connectivity index (χ4n) is 3.42. The molecule has 0 spiro atoms. The lowest BCUT2D eigenvalue weighted by Crippen LogP contribution is -2.43. The van der Waals surface area contributed by atoms with E-state index in [2.05, 4.69) is 29.1 Å². The summed E-state index contributed by atoms with van der Waals surface area (Å²) in [7, 11) is 2.26. The quantitative estimate of drug-likeness (QED) is 0.728. The maximum absolute atomic E-state index is 3.74. The van der Waals surface area contributed by atoms with Crippen molar-refractivity contribution >= 4 is 0 Å². The molecule has 1 N–H and O–H groups in total. The summed E-state index contributed by atoms with van der Waals surface area (Å²) in [6.07, 6.45) is 6.93. The first-order chi connectivity index (χ1) is 8.75. The molecule has 3 heteroatoms. The molecule has 0 aromatic carbocycles. The van der Waals surface area contributed by atoms with Gasteiger partial charge in [-0.1, -0.05) is 0 Å². The second kappa shape index (κ2) is 7.46. The minimum Gasteiger partial charge on any atom is -0.314 e. The molecule has 2 fully saturated rings. The van der Waals surface area contributed by atoms with Gasteiger partial charge in [0.25, 0.3) is 0 Å². The van der Waals surface area contributed by atoms with Crippen molar-refractivity contribution in [2.45, 2.75) is 45.1 Å². The van der Waals surface area contributed by atoms with Gasteiger partial charge in [0.2, 0.25) is 0 Å². The number of piperidine rings is 1. The zero-order chi connectivity index (χ0) is 12.8. The first-order valence-electron chi connectivity index (χ1n) is 7.90. The van der Waals surface area contributed by atoms with Crippen molar-refractivity contribution < 1.29 is 0 Å². The van der Waals surface area contributed by atoms with Crippen LogP contribution in [0.2, 0.25) is 0 Å². The summed E-state index contributed by atoms with van der Waals surface area (Å²) in [6, 6.07) is 0.686. The van der Waals surface area contributed by atoms with E-state index in [4.69, 9.17) is 0 Å². The highest BCUT2D eigenvalue weighted by Crippen LogP contribution is 2.18. The van der Waals surface area contributed by atoms with Crippen LogP contribution in [-0.2, 0) is 0 Å². The highest BCUT2D eigenvalue weighted by atomic mass is 15.1. The Kier molecular flexibility index (Phi) is 5.93. The van der Waals surface area contributed by atoms with Crippen molar-refractivity contribution in [3.05, 3.63) is 0 Å². The number of nitrogens with one attached hydrogen (secondary N) is 1. The van der Waals surface area contributed by atoms with Crippen LogP contribution in [0, 0.1) is 5.92 Å². The van der Waals surface area contributed by atoms with Crippen molar-refractivity contribution in [2.75, 3.05) is 46.3 Å². The fraction of sp³-hybridized carbons (Fsp3) is 1.00. The number of hydrogen-bond acceptors (Lipinski definition) is 3. The van der Waals surface area contributed by atoms with E-state index >= 15 is 0 Å². The van der Waals surface area contributed by atoms with Crippen molar-refractivity contribution in [2.24, 2.45) is 5.92 Å². The summed E-state index contributed by atoms with van der Waals surface area (Å²) < 4.78 is 0. The Morgan fingerprint density at radius 3 is 2.67 bits per heavy atom. The van der Waals surface area contributed by atoms with Gasteiger partial charge in [-0.3, -0.25) is 0 Å². The van der Waals surface area contributed by atoms with Crippen LogP contribution in [0.3, 0.4) is 0 Å². The van der Waals surface area contributed by atoms with E-state index in [1.807, 2.05) is 0 Å². The molecule has 0 amide bonds. The zero-order valence-corrected chi connectivity index (χ0v) is 12.3. The Balaban J connectivity index is 1.54. The molecule has 3 nitrogen and oxygen atoms in total. The van der Waals surface area contributed by atoms with Gasteiger partial charge >= 0.3 is 0 Å². The van der Waals surface area contributed by atoms with Gasteiger partial charge in [-0.15, -0.1) is 0 Å². The van der Waals surface area contributed by atoms with E-state index in [-0.39, 0.29) is 0 Å². The topological polar surface area (TPSA) is 18.5 Å². The molecule has 0 radical (unpaired) electrons. The van der Waals surface area contributed by atoms with Crippen LogP contribution < -0.4 is 5.32 Å². The van der Waals surface area contributed by atoms with Gasteiger partial charge < -0.3 is 15.1 Å². The van der Waals surface area contributed by atoms with Crippen LogP contribution in [0.25, 0.3) is 0 Å². The number of hydrogen-bond donors (Lipinski definition) is 1. The maximum Gasteiger partial charge on any atom is 0.00792 e. The molecule has 106 valence electrons. The number of likely N-dealkylation sites (tertiary alicyclic amines) is 2. The largest absolute Gasteiger partial charge is 0.314 e. The molecule has 2 rings (SSSR count). The molecule has 2 heterocycles. The Morgan fingerprint density at radius 2 is 1.94 bits per heavy atom. The SMILES string of the molecule is CC(NCCCN1CCCC1)C1CCCN(C)C1. The molecule has 2 aliphatic heterocycles. The van der Waals surface area contributed by atoms with Gasteiger partial charge in [0.15, 0.2) is 0 Å². The Labute approximate surface area is 113 Å². The van der Waals surface area contributed by atoms with Crippen LogP contribution in [0.1, 0.15) is 39.0 Å². The smallest absolute Gasteiger partial charge is 0.00792 e. The molecule has 2 unspecified atom stereocenters. The van der Waals surface area contributed by atoms with Crippen molar-refractivity contribution in [1.29, 1.82) is 0 Å². The van der Waals surface area contributed by atoms with Gasteiger partial charge in [-0.05, 0) is 84.7 Å². The molecule has 0 bridgehead atoms. The molecule has 0 saturated carbocycles. The van der Waals surface area contributed by atoms with Crippen LogP contribution in [0.4, 0.5) is 0 Å². The summed E-state index contributed by atoms with van der Waals surface area (Å²) in [5.41, 5.74) is 0. The average Bonchev–Trinajstić information content (AvgIpc) is 2.87. The van der Waals surface area contributed by atoms with Crippen LogP contribution in [-0.4, -0.2) is 62.2 Å². The van der Waals surface area contributed by atoms with E-state index in [0.29, 0.717) is 6.04 Å². The Hall–Kier alpha value is -0.120. The highest BCUT2D eigenvalue weighted by Gasteiger charge is 2.22. The molecular formula is C15H31N3. The number of nitrogens with zero attached hydrogens (tertiary/aromatic N) is 2. The maximum atomic E-state index is 3.74. The summed E-state index contributed by atoms with van der Waals surface area (Å²) in [5, 5.41) is 3.74. The molecular weight excluding hydrogens is 222 g/mol. The second-order valence-electron chi connectivity index (χ2n) is 6.31. The highest BCUT2D eigenvalue weighted by molar-refractivity contribution is 4.79. The zero-order valence-electron chi connectivity index (χ0n) is 12.3. The summed E-state index contributed by atoms with van der Waals surface area (Å²) in [4.78, 5) is 5.09. The van der Waals surface area contributed by atoms with E-state index in [1.165, 1.54) is 71.4 Å². The standard InChI is InChI=1S/C15H31N3/c1-14(15-7-5-9-17(2)13-15)16-8-6-12-18-10-3-4-11-18/h14-16H,3-13H2,1-2H3. The van der Waals surface area contributed by atoms with E-state index in [1.54, 1.807) is 0 Å². The van der Waals surface area contributed by atoms with Crippen LogP contribution >= 0.6 is 0 Å². The average molecular weight is 253 g/mol. The van der Waals surface area contributed by atoms with E-state index in [9.17, 15) is 0 Å². The molecule has 2 atom stereocenters. The minimum atomic E-state index is 0.686. The Morgan fingerprint density at radius 1 is 1.17 bits per heavy atom. The van der Waals surface area contributed by atoms with Crippen LogP contribution in [0.15, 0.2) is 0 Å². The van der Waals surface area contributed by atoms with Gasteiger partial charge in [0.1, 0.15) is 0 Å². The summed E-state index contributed by atoms with van der Waals surface area (Å²) in [5.74, 6) is 0.857. The summed E-state index contributed by atoms with van der Waals surface area (Å²) in [6.45, 7) is 10.1. The predicted molar refractivity (Wildman–Crippen MR) is 78.0 cm³/mol. The lowest BCUT2D eigenvalue weighted by atomic mass is 9.92. The van der Waals surface area contributed by atoms with Gasteiger partial charge in [0, 0.05) is 12.6 Å². The molecule has 0 aromatic heterocycles. The third-order valence-corrected chi connectivity index (χ3v) is 4.68. The molecule has 0 aromatic rings. The number of rotatable bonds is 6. The molecule has 2 saturated heterocycles. The minimum absolute atomic E-state index is 0.686. The van der Waals surface area contributed by atoms with Crippen molar-refractivity contribution in [1.82, 2.24) is 15.1 Å². The van der Waals surface area contributed by atoms with E-state index < -0.39 is 0 Å². The second-order valence-corrected chi connectivity index (χ2v) is 6.31.